The minimum absolute atomic E-state index is 0.0834. The Labute approximate surface area is 93.4 Å². The monoisotopic (exact) mass is 228 g/mol. The molecule has 0 saturated heterocycles. The standard InChI is InChI=1S/C11H16O3S/c1-6(2)9(11(13)14)10(12)8-5-4-7(3)15-8/h4-6,9-10,12H,1-3H3,(H,13,14). The van der Waals surface area contributed by atoms with Gasteiger partial charge in [0.1, 0.15) is 6.10 Å². The van der Waals surface area contributed by atoms with E-state index in [-0.39, 0.29) is 5.92 Å². The van der Waals surface area contributed by atoms with Crippen LogP contribution >= 0.6 is 11.3 Å². The Morgan fingerprint density at radius 1 is 1.40 bits per heavy atom. The van der Waals surface area contributed by atoms with Crippen LogP contribution < -0.4 is 0 Å². The molecule has 1 heterocycles. The van der Waals surface area contributed by atoms with E-state index in [1.54, 1.807) is 6.07 Å². The lowest BCUT2D eigenvalue weighted by molar-refractivity contribution is -0.148. The van der Waals surface area contributed by atoms with Gasteiger partial charge < -0.3 is 10.2 Å². The summed E-state index contributed by atoms with van der Waals surface area (Å²) < 4.78 is 0. The zero-order valence-corrected chi connectivity index (χ0v) is 9.91. The second-order valence-electron chi connectivity index (χ2n) is 4.00. The van der Waals surface area contributed by atoms with Crippen molar-refractivity contribution in [2.75, 3.05) is 0 Å². The Hall–Kier alpha value is -0.870. The predicted molar refractivity (Wildman–Crippen MR) is 60.0 cm³/mol. The zero-order chi connectivity index (χ0) is 11.6. The molecular formula is C11H16O3S. The van der Waals surface area contributed by atoms with Crippen molar-refractivity contribution in [3.05, 3.63) is 21.9 Å². The molecule has 1 aromatic heterocycles. The number of carboxylic acid groups (broad SMARTS) is 1. The van der Waals surface area contributed by atoms with Gasteiger partial charge in [-0.05, 0) is 25.0 Å². The number of carbonyl (C=O) groups is 1. The van der Waals surface area contributed by atoms with Crippen molar-refractivity contribution in [1.29, 1.82) is 0 Å². The minimum Gasteiger partial charge on any atom is -0.481 e. The largest absolute Gasteiger partial charge is 0.481 e. The molecule has 2 N–H and O–H groups in total. The molecule has 0 fully saturated rings. The van der Waals surface area contributed by atoms with Crippen LogP contribution in [0.1, 0.15) is 29.7 Å². The topological polar surface area (TPSA) is 57.5 Å². The van der Waals surface area contributed by atoms with E-state index >= 15 is 0 Å². The maximum absolute atomic E-state index is 11.0. The summed E-state index contributed by atoms with van der Waals surface area (Å²) in [5.41, 5.74) is 0. The number of rotatable bonds is 4. The lowest BCUT2D eigenvalue weighted by atomic mass is 9.89. The Kier molecular flexibility index (Phi) is 3.88. The van der Waals surface area contributed by atoms with Crippen molar-refractivity contribution >= 4 is 17.3 Å². The first-order chi connectivity index (χ1) is 6.93. The van der Waals surface area contributed by atoms with Crippen LogP contribution in [0.5, 0.6) is 0 Å². The highest BCUT2D eigenvalue weighted by molar-refractivity contribution is 7.12. The molecule has 3 nitrogen and oxygen atoms in total. The maximum atomic E-state index is 11.0. The summed E-state index contributed by atoms with van der Waals surface area (Å²) in [5.74, 6) is -1.76. The molecule has 2 unspecified atom stereocenters. The van der Waals surface area contributed by atoms with Gasteiger partial charge in [-0.2, -0.15) is 0 Å². The number of aryl methyl sites for hydroxylation is 1. The third kappa shape index (κ3) is 2.79. The van der Waals surface area contributed by atoms with Crippen molar-refractivity contribution < 1.29 is 15.0 Å². The van der Waals surface area contributed by atoms with Gasteiger partial charge in [0.25, 0.3) is 0 Å². The third-order valence-electron chi connectivity index (χ3n) is 2.40. The predicted octanol–water partition coefficient (Wildman–Crippen LogP) is 2.45. The highest BCUT2D eigenvalue weighted by Crippen LogP contribution is 2.32. The fraction of sp³-hybridized carbons (Fsp3) is 0.545. The van der Waals surface area contributed by atoms with Crippen molar-refractivity contribution in [2.45, 2.75) is 26.9 Å². The van der Waals surface area contributed by atoms with Crippen LogP contribution in [-0.4, -0.2) is 16.2 Å². The van der Waals surface area contributed by atoms with E-state index in [0.717, 1.165) is 9.75 Å². The molecule has 4 heteroatoms. The van der Waals surface area contributed by atoms with Gasteiger partial charge in [-0.15, -0.1) is 11.3 Å². The average molecular weight is 228 g/mol. The van der Waals surface area contributed by atoms with Crippen molar-refractivity contribution in [1.82, 2.24) is 0 Å². The summed E-state index contributed by atoms with van der Waals surface area (Å²) in [6, 6.07) is 3.69. The lowest BCUT2D eigenvalue weighted by Gasteiger charge is -2.21. The Morgan fingerprint density at radius 3 is 2.33 bits per heavy atom. The van der Waals surface area contributed by atoms with E-state index in [0.29, 0.717) is 0 Å². The van der Waals surface area contributed by atoms with Gasteiger partial charge in [-0.3, -0.25) is 4.79 Å². The summed E-state index contributed by atoms with van der Waals surface area (Å²) >= 11 is 1.45. The molecule has 0 aliphatic heterocycles. The number of hydrogen-bond acceptors (Lipinski definition) is 3. The van der Waals surface area contributed by atoms with Crippen molar-refractivity contribution in [3.63, 3.8) is 0 Å². The SMILES string of the molecule is Cc1ccc(C(O)C(C(=O)O)C(C)C)s1. The number of carboxylic acids is 1. The van der Waals surface area contributed by atoms with E-state index in [4.69, 9.17) is 5.11 Å². The number of aliphatic hydroxyl groups excluding tert-OH is 1. The zero-order valence-electron chi connectivity index (χ0n) is 9.10. The summed E-state index contributed by atoms with van der Waals surface area (Å²) in [5, 5.41) is 19.0. The number of hydrogen-bond donors (Lipinski definition) is 2. The molecule has 0 aromatic carbocycles. The highest BCUT2D eigenvalue weighted by atomic mass is 32.1. The Bertz CT molecular complexity index is 343. The smallest absolute Gasteiger partial charge is 0.309 e. The molecule has 0 saturated carbocycles. The maximum Gasteiger partial charge on any atom is 0.309 e. The molecule has 0 radical (unpaired) electrons. The van der Waals surface area contributed by atoms with Gasteiger partial charge in [0.15, 0.2) is 0 Å². The average Bonchev–Trinajstić information content (AvgIpc) is 2.50. The Balaban J connectivity index is 2.90. The second-order valence-corrected chi connectivity index (χ2v) is 5.32. The first-order valence-corrected chi connectivity index (χ1v) is 5.72. The fourth-order valence-electron chi connectivity index (χ4n) is 1.57. The molecule has 0 bridgehead atoms. The molecule has 1 aromatic rings. The Morgan fingerprint density at radius 2 is 2.00 bits per heavy atom. The van der Waals surface area contributed by atoms with Gasteiger partial charge in [-0.1, -0.05) is 13.8 Å². The van der Waals surface area contributed by atoms with Gasteiger partial charge in [-0.25, -0.2) is 0 Å². The molecule has 1 rings (SSSR count). The van der Waals surface area contributed by atoms with Crippen LogP contribution in [0.25, 0.3) is 0 Å². The third-order valence-corrected chi connectivity index (χ3v) is 3.47. The van der Waals surface area contributed by atoms with E-state index < -0.39 is 18.0 Å². The van der Waals surface area contributed by atoms with Gasteiger partial charge in [0, 0.05) is 9.75 Å². The van der Waals surface area contributed by atoms with Gasteiger partial charge >= 0.3 is 5.97 Å². The van der Waals surface area contributed by atoms with Gasteiger partial charge in [0.05, 0.1) is 5.92 Å². The first kappa shape index (κ1) is 12.2. The molecular weight excluding hydrogens is 212 g/mol. The molecule has 0 amide bonds. The molecule has 2 atom stereocenters. The van der Waals surface area contributed by atoms with E-state index in [2.05, 4.69) is 0 Å². The van der Waals surface area contributed by atoms with Crippen LogP contribution in [0.4, 0.5) is 0 Å². The normalized spacial score (nSPS) is 15.3. The molecule has 84 valence electrons. The number of thiophene rings is 1. The molecule has 0 spiro atoms. The lowest BCUT2D eigenvalue weighted by Crippen LogP contribution is -2.26. The molecule has 0 aliphatic rings. The quantitative estimate of drug-likeness (QED) is 0.832. The van der Waals surface area contributed by atoms with E-state index in [9.17, 15) is 9.90 Å². The van der Waals surface area contributed by atoms with Crippen LogP contribution in [0, 0.1) is 18.8 Å². The number of aliphatic carboxylic acids is 1. The summed E-state index contributed by atoms with van der Waals surface area (Å²) in [6.07, 6.45) is -0.902. The minimum atomic E-state index is -0.941. The molecule has 15 heavy (non-hydrogen) atoms. The first-order valence-electron chi connectivity index (χ1n) is 4.90. The van der Waals surface area contributed by atoms with Crippen LogP contribution in [-0.2, 0) is 4.79 Å². The summed E-state index contributed by atoms with van der Waals surface area (Å²) in [7, 11) is 0. The van der Waals surface area contributed by atoms with Crippen molar-refractivity contribution in [3.8, 4) is 0 Å². The second kappa shape index (κ2) is 4.77. The molecule has 0 aliphatic carbocycles. The van der Waals surface area contributed by atoms with E-state index in [1.807, 2.05) is 26.8 Å². The van der Waals surface area contributed by atoms with Crippen molar-refractivity contribution in [2.24, 2.45) is 11.8 Å². The number of aliphatic hydroxyl groups is 1. The van der Waals surface area contributed by atoms with Gasteiger partial charge in [0.2, 0.25) is 0 Å². The summed E-state index contributed by atoms with van der Waals surface area (Å²) in [6.45, 7) is 5.55. The highest BCUT2D eigenvalue weighted by Gasteiger charge is 2.31. The van der Waals surface area contributed by atoms with Crippen LogP contribution in [0.2, 0.25) is 0 Å². The van der Waals surface area contributed by atoms with E-state index in [1.165, 1.54) is 11.3 Å². The van der Waals surface area contributed by atoms with Crippen LogP contribution in [0.3, 0.4) is 0 Å². The van der Waals surface area contributed by atoms with Crippen LogP contribution in [0.15, 0.2) is 12.1 Å². The summed E-state index contributed by atoms with van der Waals surface area (Å²) in [4.78, 5) is 12.8. The fourth-order valence-corrected chi connectivity index (χ4v) is 2.49.